The molecule has 1 rings (SSSR count). The topological polar surface area (TPSA) is 97.5 Å². The lowest BCUT2D eigenvalue weighted by Gasteiger charge is -2.08. The predicted octanol–water partition coefficient (Wildman–Crippen LogP) is 2.19. The summed E-state index contributed by atoms with van der Waals surface area (Å²) >= 11 is 3.07. The summed E-state index contributed by atoms with van der Waals surface area (Å²) in [7, 11) is 0. The van der Waals surface area contributed by atoms with Gasteiger partial charge in [-0.1, -0.05) is 28.1 Å². The fraction of sp³-hybridized carbons (Fsp3) is 0.273. The molecule has 1 aromatic carbocycles. The van der Waals surface area contributed by atoms with Crippen LogP contribution in [-0.2, 0) is 11.2 Å². The van der Waals surface area contributed by atoms with Gasteiger partial charge in [0.25, 0.3) is 5.69 Å². The van der Waals surface area contributed by atoms with Gasteiger partial charge in [0, 0.05) is 11.6 Å². The van der Waals surface area contributed by atoms with Crippen LogP contribution < -0.4 is 0 Å². The fourth-order valence-corrected chi connectivity index (χ4v) is 1.77. The van der Waals surface area contributed by atoms with E-state index in [1.165, 1.54) is 18.2 Å². The average Bonchev–Trinajstić information content (AvgIpc) is 2.27. The highest BCUT2D eigenvalue weighted by atomic mass is 79.9. The standard InChI is InChI=1S/C11H10BrNO5/c1-6(12)11(16)7-3-2-4-9(13(17)18)8(7)5-10(14)15/h2-4,6H,5H2,1H3,(H,14,15). The Bertz CT molecular complexity index is 512. The molecule has 0 saturated carbocycles. The number of alkyl halides is 1. The minimum atomic E-state index is -1.22. The van der Waals surface area contributed by atoms with E-state index in [2.05, 4.69) is 15.9 Å². The van der Waals surface area contributed by atoms with Crippen LogP contribution >= 0.6 is 15.9 Å². The number of carbonyl (C=O) groups is 2. The zero-order valence-corrected chi connectivity index (χ0v) is 11.0. The molecule has 0 bridgehead atoms. The highest BCUT2D eigenvalue weighted by Gasteiger charge is 2.24. The maximum absolute atomic E-state index is 11.9. The summed E-state index contributed by atoms with van der Waals surface area (Å²) in [5.41, 5.74) is -0.348. The van der Waals surface area contributed by atoms with Crippen LogP contribution in [0.15, 0.2) is 18.2 Å². The summed E-state index contributed by atoms with van der Waals surface area (Å²) in [5, 5.41) is 19.6. The first kappa shape index (κ1) is 14.3. The van der Waals surface area contributed by atoms with Crippen LogP contribution in [0.5, 0.6) is 0 Å². The smallest absolute Gasteiger partial charge is 0.308 e. The molecule has 1 atom stereocenters. The second-order valence-electron chi connectivity index (χ2n) is 3.61. The van der Waals surface area contributed by atoms with Gasteiger partial charge in [-0.3, -0.25) is 19.7 Å². The van der Waals surface area contributed by atoms with E-state index >= 15 is 0 Å². The van der Waals surface area contributed by atoms with Gasteiger partial charge < -0.3 is 5.11 Å². The first-order chi connectivity index (χ1) is 8.34. The lowest BCUT2D eigenvalue weighted by molar-refractivity contribution is -0.385. The number of hydrogen-bond donors (Lipinski definition) is 1. The van der Waals surface area contributed by atoms with Gasteiger partial charge >= 0.3 is 5.97 Å². The summed E-state index contributed by atoms with van der Waals surface area (Å²) in [6.45, 7) is 1.58. The van der Waals surface area contributed by atoms with Crippen LogP contribution in [0, 0.1) is 10.1 Å². The van der Waals surface area contributed by atoms with Crippen molar-refractivity contribution in [2.24, 2.45) is 0 Å². The number of carboxylic acids is 1. The third kappa shape index (κ3) is 3.13. The van der Waals surface area contributed by atoms with Gasteiger partial charge in [-0.15, -0.1) is 0 Å². The molecule has 0 spiro atoms. The molecule has 6 nitrogen and oxygen atoms in total. The van der Waals surface area contributed by atoms with Crippen molar-refractivity contribution in [2.45, 2.75) is 18.2 Å². The maximum Gasteiger partial charge on any atom is 0.308 e. The number of aliphatic carboxylic acids is 1. The number of halogens is 1. The number of hydrogen-bond acceptors (Lipinski definition) is 4. The lowest BCUT2D eigenvalue weighted by atomic mass is 9.98. The number of carbonyl (C=O) groups excluding carboxylic acids is 1. The van der Waals surface area contributed by atoms with E-state index < -0.39 is 22.1 Å². The summed E-state index contributed by atoms with van der Waals surface area (Å²) in [5.74, 6) is -1.60. The van der Waals surface area contributed by atoms with Crippen LogP contribution in [-0.4, -0.2) is 26.6 Å². The Kier molecular flexibility index (Phi) is 4.55. The van der Waals surface area contributed by atoms with E-state index in [0.29, 0.717) is 0 Å². The molecule has 1 unspecified atom stereocenters. The summed E-state index contributed by atoms with van der Waals surface area (Å²) in [6, 6.07) is 3.95. The Balaban J connectivity index is 3.41. The Morgan fingerprint density at radius 1 is 1.50 bits per heavy atom. The highest BCUT2D eigenvalue weighted by Crippen LogP contribution is 2.25. The van der Waals surface area contributed by atoms with Crippen molar-refractivity contribution in [3.63, 3.8) is 0 Å². The predicted molar refractivity (Wildman–Crippen MR) is 67.2 cm³/mol. The Morgan fingerprint density at radius 3 is 2.56 bits per heavy atom. The minimum Gasteiger partial charge on any atom is -0.481 e. The van der Waals surface area contributed by atoms with Gasteiger partial charge in [0.1, 0.15) is 0 Å². The molecular weight excluding hydrogens is 306 g/mol. The molecule has 96 valence electrons. The van der Waals surface area contributed by atoms with E-state index in [-0.39, 0.29) is 22.6 Å². The quantitative estimate of drug-likeness (QED) is 0.389. The van der Waals surface area contributed by atoms with Crippen molar-refractivity contribution < 1.29 is 19.6 Å². The number of Topliss-reactive ketones (excluding diaryl/α,β-unsaturated/α-hetero) is 1. The van der Waals surface area contributed by atoms with Gasteiger partial charge in [-0.2, -0.15) is 0 Å². The van der Waals surface area contributed by atoms with Gasteiger partial charge in [0.15, 0.2) is 5.78 Å². The van der Waals surface area contributed by atoms with Crippen LogP contribution in [0.4, 0.5) is 5.69 Å². The lowest BCUT2D eigenvalue weighted by Crippen LogP contribution is -2.16. The normalized spacial score (nSPS) is 11.9. The summed E-state index contributed by atoms with van der Waals surface area (Å²) in [6.07, 6.45) is -0.558. The van der Waals surface area contributed by atoms with Crippen LogP contribution in [0.3, 0.4) is 0 Å². The SMILES string of the molecule is CC(Br)C(=O)c1cccc([N+](=O)[O-])c1CC(=O)O. The number of ketones is 1. The summed E-state index contributed by atoms with van der Waals surface area (Å²) in [4.78, 5) is 32.2. The van der Waals surface area contributed by atoms with E-state index in [0.717, 1.165) is 0 Å². The van der Waals surface area contributed by atoms with Crippen molar-refractivity contribution in [1.29, 1.82) is 0 Å². The van der Waals surface area contributed by atoms with Crippen LogP contribution in [0.2, 0.25) is 0 Å². The Hall–Kier alpha value is -1.76. The van der Waals surface area contributed by atoms with Crippen molar-refractivity contribution in [2.75, 3.05) is 0 Å². The number of nitro benzene ring substituents is 1. The average molecular weight is 316 g/mol. The first-order valence-electron chi connectivity index (χ1n) is 5.01. The molecule has 0 amide bonds. The fourth-order valence-electron chi connectivity index (χ4n) is 1.53. The van der Waals surface area contributed by atoms with E-state index in [1.807, 2.05) is 0 Å². The summed E-state index contributed by atoms with van der Waals surface area (Å²) < 4.78 is 0. The van der Waals surface area contributed by atoms with E-state index in [1.54, 1.807) is 6.92 Å². The molecule has 18 heavy (non-hydrogen) atoms. The molecule has 0 fully saturated rings. The molecule has 0 aliphatic heterocycles. The molecule has 0 aliphatic rings. The van der Waals surface area contributed by atoms with Crippen molar-refractivity contribution in [3.05, 3.63) is 39.4 Å². The molecule has 0 radical (unpaired) electrons. The van der Waals surface area contributed by atoms with E-state index in [4.69, 9.17) is 5.11 Å². The minimum absolute atomic E-state index is 0.0636. The van der Waals surface area contributed by atoms with Crippen LogP contribution in [0.1, 0.15) is 22.8 Å². The number of nitro groups is 1. The second-order valence-corrected chi connectivity index (χ2v) is 4.98. The van der Waals surface area contributed by atoms with Crippen molar-refractivity contribution >= 4 is 33.4 Å². The number of nitrogens with zero attached hydrogens (tertiary/aromatic N) is 1. The largest absolute Gasteiger partial charge is 0.481 e. The van der Waals surface area contributed by atoms with Gasteiger partial charge in [-0.05, 0) is 6.92 Å². The molecule has 0 saturated heterocycles. The first-order valence-corrected chi connectivity index (χ1v) is 5.92. The molecule has 7 heteroatoms. The van der Waals surface area contributed by atoms with Gasteiger partial charge in [-0.25, -0.2) is 0 Å². The molecule has 0 aromatic heterocycles. The second kappa shape index (κ2) is 5.72. The van der Waals surface area contributed by atoms with Crippen LogP contribution in [0.25, 0.3) is 0 Å². The number of carboxylic acid groups (broad SMARTS) is 1. The molecular formula is C11H10BrNO5. The molecule has 1 N–H and O–H groups in total. The zero-order chi connectivity index (χ0) is 13.9. The molecule has 0 heterocycles. The van der Waals surface area contributed by atoms with Crippen molar-refractivity contribution in [3.8, 4) is 0 Å². The number of benzene rings is 1. The monoisotopic (exact) mass is 315 g/mol. The third-order valence-electron chi connectivity index (χ3n) is 2.30. The highest BCUT2D eigenvalue weighted by molar-refractivity contribution is 9.10. The van der Waals surface area contributed by atoms with E-state index in [9.17, 15) is 19.7 Å². The van der Waals surface area contributed by atoms with Gasteiger partial charge in [0.2, 0.25) is 0 Å². The Labute approximate surface area is 111 Å². The Morgan fingerprint density at radius 2 is 2.11 bits per heavy atom. The maximum atomic E-state index is 11.9. The molecule has 1 aromatic rings. The zero-order valence-electron chi connectivity index (χ0n) is 9.42. The van der Waals surface area contributed by atoms with Gasteiger partial charge in [0.05, 0.1) is 21.7 Å². The molecule has 0 aliphatic carbocycles. The number of rotatable bonds is 5. The van der Waals surface area contributed by atoms with Crippen molar-refractivity contribution in [1.82, 2.24) is 0 Å². The third-order valence-corrected chi connectivity index (χ3v) is 2.72.